The number of aromatic nitrogens is 3. The molecule has 3 aromatic rings. The van der Waals surface area contributed by atoms with Gasteiger partial charge in [0, 0.05) is 23.7 Å². The predicted octanol–water partition coefficient (Wildman–Crippen LogP) is 4.17. The molecule has 140 valence electrons. The van der Waals surface area contributed by atoms with Gasteiger partial charge in [-0.2, -0.15) is 0 Å². The summed E-state index contributed by atoms with van der Waals surface area (Å²) in [7, 11) is 0. The predicted molar refractivity (Wildman–Crippen MR) is 105 cm³/mol. The zero-order valence-electron chi connectivity index (χ0n) is 14.7. The highest BCUT2D eigenvalue weighted by atomic mass is 35.5. The van der Waals surface area contributed by atoms with Gasteiger partial charge in [-0.3, -0.25) is 4.79 Å². The lowest BCUT2D eigenvalue weighted by Crippen LogP contribution is -2.24. The fraction of sp³-hybridized carbons (Fsp3) is 0.211. The van der Waals surface area contributed by atoms with Crippen LogP contribution in [0.25, 0.3) is 11.4 Å². The van der Waals surface area contributed by atoms with Crippen LogP contribution in [0.1, 0.15) is 12.5 Å². The molecule has 1 amide bonds. The van der Waals surface area contributed by atoms with Crippen LogP contribution in [-0.4, -0.2) is 26.4 Å². The van der Waals surface area contributed by atoms with Crippen molar-refractivity contribution in [3.05, 3.63) is 64.9 Å². The quantitative estimate of drug-likeness (QED) is 0.600. The summed E-state index contributed by atoms with van der Waals surface area (Å²) in [5.41, 5.74) is 1.76. The molecule has 0 saturated heterocycles. The molecule has 1 heterocycles. The molecule has 0 atom stereocenters. The second-order valence-electron chi connectivity index (χ2n) is 5.75. The van der Waals surface area contributed by atoms with Crippen LogP contribution < -0.4 is 5.32 Å². The van der Waals surface area contributed by atoms with Gasteiger partial charge in [0.1, 0.15) is 5.82 Å². The molecule has 0 spiro atoms. The zero-order valence-corrected chi connectivity index (χ0v) is 16.2. The van der Waals surface area contributed by atoms with Crippen molar-refractivity contribution < 1.29 is 9.18 Å². The van der Waals surface area contributed by atoms with Crippen LogP contribution in [0.4, 0.5) is 4.39 Å². The van der Waals surface area contributed by atoms with Crippen LogP contribution in [0.5, 0.6) is 0 Å². The van der Waals surface area contributed by atoms with E-state index in [-0.39, 0.29) is 17.5 Å². The molecular weight excluding hydrogens is 387 g/mol. The molecule has 2 aromatic carbocycles. The monoisotopic (exact) mass is 404 g/mol. The minimum atomic E-state index is -0.295. The Hall–Kier alpha value is -2.38. The van der Waals surface area contributed by atoms with E-state index in [0.717, 1.165) is 17.0 Å². The molecule has 0 aliphatic heterocycles. The molecule has 8 heteroatoms. The van der Waals surface area contributed by atoms with Crippen LogP contribution in [0.3, 0.4) is 0 Å². The van der Waals surface area contributed by atoms with Crippen molar-refractivity contribution in [3.8, 4) is 11.4 Å². The fourth-order valence-electron chi connectivity index (χ4n) is 2.48. The van der Waals surface area contributed by atoms with Gasteiger partial charge >= 0.3 is 0 Å². The maximum atomic E-state index is 12.9. The van der Waals surface area contributed by atoms with E-state index >= 15 is 0 Å². The Morgan fingerprint density at radius 2 is 1.85 bits per heavy atom. The highest BCUT2D eigenvalue weighted by molar-refractivity contribution is 7.99. The first-order valence-electron chi connectivity index (χ1n) is 8.40. The highest BCUT2D eigenvalue weighted by Crippen LogP contribution is 2.25. The molecule has 1 aromatic heterocycles. The number of hydrogen-bond acceptors (Lipinski definition) is 4. The van der Waals surface area contributed by atoms with Crippen molar-refractivity contribution in [1.82, 2.24) is 20.1 Å². The minimum Gasteiger partial charge on any atom is -0.351 e. The maximum absolute atomic E-state index is 12.9. The first-order valence-corrected chi connectivity index (χ1v) is 9.76. The summed E-state index contributed by atoms with van der Waals surface area (Å²) in [6.45, 7) is 3.04. The van der Waals surface area contributed by atoms with Gasteiger partial charge in [-0.25, -0.2) is 4.39 Å². The molecule has 0 aliphatic rings. The molecule has 27 heavy (non-hydrogen) atoms. The summed E-state index contributed by atoms with van der Waals surface area (Å²) in [5.74, 6) is 0.544. The number of nitrogens with one attached hydrogen (secondary N) is 1. The third kappa shape index (κ3) is 5.08. The number of amides is 1. The van der Waals surface area contributed by atoms with Gasteiger partial charge in [0.25, 0.3) is 0 Å². The molecule has 0 fully saturated rings. The number of halogens is 2. The Kier molecular flexibility index (Phi) is 6.47. The van der Waals surface area contributed by atoms with Crippen LogP contribution in [0, 0.1) is 5.82 Å². The van der Waals surface area contributed by atoms with Gasteiger partial charge in [-0.1, -0.05) is 35.5 Å². The standard InChI is InChI=1S/C19H18ClFN4OS/c1-2-25-18(14-5-7-15(20)8-6-14)23-24-19(25)27-12-17(26)22-11-13-3-9-16(21)10-4-13/h3-10H,2,11-12H2,1H3,(H,22,26). The van der Waals surface area contributed by atoms with Crippen molar-refractivity contribution in [2.24, 2.45) is 0 Å². The van der Waals surface area contributed by atoms with E-state index in [1.807, 2.05) is 23.6 Å². The van der Waals surface area contributed by atoms with E-state index in [2.05, 4.69) is 15.5 Å². The Labute approximate surface area is 166 Å². The Morgan fingerprint density at radius 3 is 2.52 bits per heavy atom. The van der Waals surface area contributed by atoms with Gasteiger partial charge in [0.2, 0.25) is 5.91 Å². The van der Waals surface area contributed by atoms with Gasteiger partial charge in [-0.05, 0) is 48.9 Å². The fourth-order valence-corrected chi connectivity index (χ4v) is 3.44. The van der Waals surface area contributed by atoms with Gasteiger partial charge in [0.15, 0.2) is 11.0 Å². The van der Waals surface area contributed by atoms with Crippen LogP contribution in [0.15, 0.2) is 53.7 Å². The summed E-state index contributed by atoms with van der Waals surface area (Å²) < 4.78 is 14.9. The van der Waals surface area contributed by atoms with Crippen molar-refractivity contribution >= 4 is 29.3 Å². The summed E-state index contributed by atoms with van der Waals surface area (Å²) in [4.78, 5) is 12.1. The number of nitrogens with zero attached hydrogens (tertiary/aromatic N) is 3. The van der Waals surface area contributed by atoms with Crippen LogP contribution >= 0.6 is 23.4 Å². The van der Waals surface area contributed by atoms with Gasteiger partial charge < -0.3 is 9.88 Å². The lowest BCUT2D eigenvalue weighted by molar-refractivity contribution is -0.118. The second kappa shape index (κ2) is 9.01. The summed E-state index contributed by atoms with van der Waals surface area (Å²) in [5, 5.41) is 12.6. The molecule has 0 radical (unpaired) electrons. The molecule has 3 rings (SSSR count). The van der Waals surface area contributed by atoms with Crippen molar-refractivity contribution in [2.45, 2.75) is 25.2 Å². The molecule has 0 bridgehead atoms. The average molecular weight is 405 g/mol. The first kappa shape index (κ1) is 19.4. The highest BCUT2D eigenvalue weighted by Gasteiger charge is 2.14. The van der Waals surface area contributed by atoms with Crippen molar-refractivity contribution in [1.29, 1.82) is 0 Å². The molecule has 0 saturated carbocycles. The van der Waals surface area contributed by atoms with Crippen LogP contribution in [0.2, 0.25) is 5.02 Å². The van der Waals surface area contributed by atoms with E-state index in [1.165, 1.54) is 23.9 Å². The minimum absolute atomic E-state index is 0.122. The normalized spacial score (nSPS) is 10.8. The maximum Gasteiger partial charge on any atom is 0.230 e. The molecular formula is C19H18ClFN4OS. The number of rotatable bonds is 7. The Bertz CT molecular complexity index is 912. The van der Waals surface area contributed by atoms with Crippen LogP contribution in [-0.2, 0) is 17.9 Å². The largest absolute Gasteiger partial charge is 0.351 e. The third-order valence-electron chi connectivity index (χ3n) is 3.87. The summed E-state index contributed by atoms with van der Waals surface area (Å²) in [6.07, 6.45) is 0. The van der Waals surface area contributed by atoms with E-state index in [4.69, 9.17) is 11.6 Å². The van der Waals surface area contributed by atoms with E-state index < -0.39 is 0 Å². The number of carbonyl (C=O) groups excluding carboxylic acids is 1. The molecule has 0 unspecified atom stereocenters. The Morgan fingerprint density at radius 1 is 1.15 bits per heavy atom. The smallest absolute Gasteiger partial charge is 0.230 e. The SMILES string of the molecule is CCn1c(SCC(=O)NCc2ccc(F)cc2)nnc1-c1ccc(Cl)cc1. The van der Waals surface area contributed by atoms with E-state index in [1.54, 1.807) is 24.3 Å². The lowest BCUT2D eigenvalue weighted by Gasteiger charge is -2.08. The molecule has 0 aliphatic carbocycles. The van der Waals surface area contributed by atoms with E-state index in [0.29, 0.717) is 23.3 Å². The van der Waals surface area contributed by atoms with Gasteiger partial charge in [-0.15, -0.1) is 10.2 Å². The summed E-state index contributed by atoms with van der Waals surface area (Å²) >= 11 is 7.26. The van der Waals surface area contributed by atoms with Crippen molar-refractivity contribution in [2.75, 3.05) is 5.75 Å². The number of carbonyl (C=O) groups is 1. The number of hydrogen-bond donors (Lipinski definition) is 1. The average Bonchev–Trinajstić information content (AvgIpc) is 3.09. The lowest BCUT2D eigenvalue weighted by atomic mass is 10.2. The Balaban J connectivity index is 1.59. The number of benzene rings is 2. The molecule has 5 nitrogen and oxygen atoms in total. The number of thioether (sulfide) groups is 1. The third-order valence-corrected chi connectivity index (χ3v) is 5.09. The summed E-state index contributed by atoms with van der Waals surface area (Å²) in [6, 6.07) is 13.4. The zero-order chi connectivity index (χ0) is 19.2. The van der Waals surface area contributed by atoms with Crippen molar-refractivity contribution in [3.63, 3.8) is 0 Å². The van der Waals surface area contributed by atoms with E-state index in [9.17, 15) is 9.18 Å². The topological polar surface area (TPSA) is 59.8 Å². The second-order valence-corrected chi connectivity index (χ2v) is 7.13. The van der Waals surface area contributed by atoms with Gasteiger partial charge in [0.05, 0.1) is 5.75 Å². The first-order chi connectivity index (χ1) is 13.1. The molecule has 1 N–H and O–H groups in total.